The lowest BCUT2D eigenvalue weighted by Gasteiger charge is -2.45. The van der Waals surface area contributed by atoms with Crippen molar-refractivity contribution >= 4 is 11.6 Å². The third-order valence-electron chi connectivity index (χ3n) is 4.13. The number of hydrogen-bond donors (Lipinski definition) is 1. The smallest absolute Gasteiger partial charge is 0.128 e. The molecule has 0 amide bonds. The quantitative estimate of drug-likeness (QED) is 0.915. The number of nitrogens with one attached hydrogen (secondary N) is 1. The van der Waals surface area contributed by atoms with Gasteiger partial charge in [-0.25, -0.2) is 4.98 Å². The van der Waals surface area contributed by atoms with Crippen LogP contribution in [0.25, 0.3) is 0 Å². The fourth-order valence-electron chi connectivity index (χ4n) is 3.81. The van der Waals surface area contributed by atoms with Gasteiger partial charge < -0.3 is 9.88 Å². The lowest BCUT2D eigenvalue weighted by Crippen LogP contribution is -2.43. The Kier molecular flexibility index (Phi) is 3.99. The van der Waals surface area contributed by atoms with E-state index in [1.54, 1.807) is 6.20 Å². The second kappa shape index (κ2) is 5.10. The first-order chi connectivity index (χ1) is 8.69. The highest BCUT2D eigenvalue weighted by Gasteiger charge is 2.38. The van der Waals surface area contributed by atoms with Gasteiger partial charge in [0.1, 0.15) is 11.0 Å². The fraction of sp³-hybridized carbons (Fsp3) is 0.800. The first-order valence-electron chi connectivity index (χ1n) is 7.08. The van der Waals surface area contributed by atoms with Gasteiger partial charge in [-0.15, -0.1) is 0 Å². The summed E-state index contributed by atoms with van der Waals surface area (Å²) in [6, 6.07) is 0.564. The predicted octanol–water partition coefficient (Wildman–Crippen LogP) is 3.77. The van der Waals surface area contributed by atoms with Gasteiger partial charge in [-0.2, -0.15) is 0 Å². The lowest BCUT2D eigenvalue weighted by molar-refractivity contribution is 0.0841. The van der Waals surface area contributed by atoms with Crippen molar-refractivity contribution in [2.24, 2.45) is 17.9 Å². The Morgan fingerprint density at radius 3 is 2.37 bits per heavy atom. The molecule has 2 rings (SSSR count). The van der Waals surface area contributed by atoms with Gasteiger partial charge >= 0.3 is 0 Å². The van der Waals surface area contributed by atoms with Gasteiger partial charge in [-0.3, -0.25) is 0 Å². The third kappa shape index (κ3) is 3.73. The van der Waals surface area contributed by atoms with Crippen LogP contribution in [0.15, 0.2) is 6.20 Å². The Labute approximate surface area is 121 Å². The van der Waals surface area contributed by atoms with Crippen LogP contribution in [0.4, 0.5) is 0 Å². The molecule has 0 aliphatic heterocycles. The maximum absolute atomic E-state index is 6.01. The number of imidazole rings is 1. The van der Waals surface area contributed by atoms with Crippen molar-refractivity contribution in [2.75, 3.05) is 0 Å². The molecule has 0 unspecified atom stereocenters. The second-order valence-electron chi connectivity index (χ2n) is 7.55. The molecule has 4 heteroatoms. The maximum Gasteiger partial charge on any atom is 0.128 e. The second-order valence-corrected chi connectivity index (χ2v) is 7.93. The number of aromatic nitrogens is 2. The van der Waals surface area contributed by atoms with Crippen LogP contribution in [0.3, 0.4) is 0 Å². The third-order valence-corrected chi connectivity index (χ3v) is 4.48. The van der Waals surface area contributed by atoms with E-state index in [0.717, 1.165) is 12.4 Å². The summed E-state index contributed by atoms with van der Waals surface area (Å²) in [7, 11) is 1.96. The van der Waals surface area contributed by atoms with Crippen LogP contribution in [0, 0.1) is 10.8 Å². The van der Waals surface area contributed by atoms with E-state index in [1.165, 1.54) is 19.3 Å². The van der Waals surface area contributed by atoms with Gasteiger partial charge in [0.25, 0.3) is 0 Å². The molecule has 1 aliphatic carbocycles. The highest BCUT2D eigenvalue weighted by Crippen LogP contribution is 2.45. The topological polar surface area (TPSA) is 29.9 Å². The van der Waals surface area contributed by atoms with Crippen molar-refractivity contribution in [1.82, 2.24) is 14.9 Å². The minimum absolute atomic E-state index is 0.415. The number of halogens is 1. The molecule has 1 fully saturated rings. The predicted molar refractivity (Wildman–Crippen MR) is 80.3 cm³/mol. The van der Waals surface area contributed by atoms with E-state index in [2.05, 4.69) is 38.0 Å². The van der Waals surface area contributed by atoms with Crippen molar-refractivity contribution in [3.05, 3.63) is 17.2 Å². The first kappa shape index (κ1) is 14.9. The Hall–Kier alpha value is -0.540. The van der Waals surface area contributed by atoms with Gasteiger partial charge in [0.15, 0.2) is 0 Å². The molecule has 1 aliphatic rings. The highest BCUT2D eigenvalue weighted by molar-refractivity contribution is 6.29. The molecule has 0 saturated heterocycles. The van der Waals surface area contributed by atoms with E-state index in [4.69, 9.17) is 11.6 Å². The van der Waals surface area contributed by atoms with Gasteiger partial charge in [0, 0.05) is 13.1 Å². The number of nitrogens with zero attached hydrogens (tertiary/aromatic N) is 2. The summed E-state index contributed by atoms with van der Waals surface area (Å²) in [4.78, 5) is 4.34. The minimum Gasteiger partial charge on any atom is -0.321 e. The Morgan fingerprint density at radius 1 is 1.32 bits per heavy atom. The summed E-state index contributed by atoms with van der Waals surface area (Å²) in [6.45, 7) is 10.3. The zero-order chi connectivity index (χ0) is 14.3. The van der Waals surface area contributed by atoms with E-state index in [0.29, 0.717) is 22.0 Å². The SMILES string of the molecule is Cn1c(Cl)cnc1CNC1CC(C)(C)CC(C)(C)C1. The van der Waals surface area contributed by atoms with Gasteiger partial charge in [0.05, 0.1) is 12.7 Å². The summed E-state index contributed by atoms with van der Waals surface area (Å²) < 4.78 is 1.94. The summed E-state index contributed by atoms with van der Waals surface area (Å²) in [5.74, 6) is 1.01. The molecular formula is C15H26ClN3. The van der Waals surface area contributed by atoms with Gasteiger partial charge in [-0.1, -0.05) is 39.3 Å². The van der Waals surface area contributed by atoms with Crippen LogP contribution in [0.1, 0.15) is 52.8 Å². The molecular weight excluding hydrogens is 258 g/mol. The molecule has 1 aromatic heterocycles. The molecule has 1 aromatic rings. The highest BCUT2D eigenvalue weighted by atomic mass is 35.5. The van der Waals surface area contributed by atoms with Crippen LogP contribution < -0.4 is 5.32 Å². The molecule has 0 radical (unpaired) electrons. The molecule has 0 bridgehead atoms. The van der Waals surface area contributed by atoms with Crippen LogP contribution in [0.2, 0.25) is 5.15 Å². The van der Waals surface area contributed by atoms with Crippen molar-refractivity contribution in [2.45, 2.75) is 59.5 Å². The Bertz CT molecular complexity index is 432. The Balaban J connectivity index is 1.98. The van der Waals surface area contributed by atoms with Gasteiger partial charge in [-0.05, 0) is 30.1 Å². The normalized spacial score (nSPS) is 22.6. The summed E-state index contributed by atoms with van der Waals surface area (Å²) in [5.41, 5.74) is 0.831. The van der Waals surface area contributed by atoms with E-state index < -0.39 is 0 Å². The van der Waals surface area contributed by atoms with Crippen LogP contribution in [-0.4, -0.2) is 15.6 Å². The largest absolute Gasteiger partial charge is 0.321 e. The zero-order valence-corrected chi connectivity index (χ0v) is 13.5. The van der Waals surface area contributed by atoms with Crippen molar-refractivity contribution in [3.63, 3.8) is 0 Å². The summed E-state index contributed by atoms with van der Waals surface area (Å²) in [6.07, 6.45) is 5.48. The molecule has 1 saturated carbocycles. The molecule has 108 valence electrons. The van der Waals surface area contributed by atoms with Crippen LogP contribution in [-0.2, 0) is 13.6 Å². The fourth-order valence-corrected chi connectivity index (χ4v) is 3.96. The van der Waals surface area contributed by atoms with E-state index in [9.17, 15) is 0 Å². The average molecular weight is 284 g/mol. The van der Waals surface area contributed by atoms with E-state index >= 15 is 0 Å². The van der Waals surface area contributed by atoms with E-state index in [-0.39, 0.29) is 0 Å². The molecule has 1 N–H and O–H groups in total. The molecule has 0 spiro atoms. The lowest BCUT2D eigenvalue weighted by atomic mass is 9.63. The summed E-state index contributed by atoms with van der Waals surface area (Å²) >= 11 is 6.01. The van der Waals surface area contributed by atoms with Crippen molar-refractivity contribution in [1.29, 1.82) is 0 Å². The van der Waals surface area contributed by atoms with Crippen LogP contribution >= 0.6 is 11.6 Å². The standard InChI is InChI=1S/C15H26ClN3/c1-14(2)6-11(7-15(3,4)10-14)17-9-13-18-8-12(16)19(13)5/h8,11,17H,6-7,9-10H2,1-5H3. The molecule has 19 heavy (non-hydrogen) atoms. The van der Waals surface area contributed by atoms with Crippen molar-refractivity contribution < 1.29 is 0 Å². The minimum atomic E-state index is 0.415. The maximum atomic E-state index is 6.01. The van der Waals surface area contributed by atoms with Crippen molar-refractivity contribution in [3.8, 4) is 0 Å². The van der Waals surface area contributed by atoms with E-state index in [1.807, 2.05) is 11.6 Å². The molecule has 0 atom stereocenters. The Morgan fingerprint density at radius 2 is 1.89 bits per heavy atom. The molecule has 3 nitrogen and oxygen atoms in total. The first-order valence-corrected chi connectivity index (χ1v) is 7.46. The zero-order valence-electron chi connectivity index (χ0n) is 12.8. The summed E-state index contributed by atoms with van der Waals surface area (Å²) in [5, 5.41) is 4.36. The number of rotatable bonds is 3. The van der Waals surface area contributed by atoms with Gasteiger partial charge in [0.2, 0.25) is 0 Å². The molecule has 0 aromatic carbocycles. The monoisotopic (exact) mass is 283 g/mol. The molecule has 1 heterocycles. The number of hydrogen-bond acceptors (Lipinski definition) is 2. The average Bonchev–Trinajstić information content (AvgIpc) is 2.53. The van der Waals surface area contributed by atoms with Crippen LogP contribution in [0.5, 0.6) is 0 Å².